The fourth-order valence-electron chi connectivity index (χ4n) is 2.53. The quantitative estimate of drug-likeness (QED) is 0.152. The molecule has 0 bridgehead atoms. The summed E-state index contributed by atoms with van der Waals surface area (Å²) in [6.45, 7) is 18.8. The molecular weight excluding hydrogens is 571 g/mol. The number of hydrogen-bond donors (Lipinski definition) is 1. The summed E-state index contributed by atoms with van der Waals surface area (Å²) in [6, 6.07) is 0. The van der Waals surface area contributed by atoms with E-state index in [-0.39, 0.29) is 47.4 Å². The number of ether oxygens (including phenoxy) is 2. The summed E-state index contributed by atoms with van der Waals surface area (Å²) in [5.41, 5.74) is -1.48. The first-order valence-corrected chi connectivity index (χ1v) is 14.0. The van der Waals surface area contributed by atoms with Crippen LogP contribution in [0.15, 0.2) is 9.98 Å². The number of halogens is 1. The van der Waals surface area contributed by atoms with Crippen molar-refractivity contribution >= 4 is 92.8 Å². The van der Waals surface area contributed by atoms with Crippen molar-refractivity contribution in [3.05, 3.63) is 0 Å². The Kier molecular flexibility index (Phi) is 19.5. The summed E-state index contributed by atoms with van der Waals surface area (Å²) >= 11 is 21.0. The third-order valence-corrected chi connectivity index (χ3v) is 7.00. The van der Waals surface area contributed by atoms with Crippen molar-refractivity contribution in [3.8, 4) is 0 Å². The maximum atomic E-state index is 11.4. The smallest absolute Gasteiger partial charge is 0.409 e. The molecule has 0 saturated heterocycles. The molecule has 0 spiro atoms. The number of thioether (sulfide) groups is 1. The number of alkyl halides is 1. The van der Waals surface area contributed by atoms with Gasteiger partial charge in [0, 0.05) is 26.2 Å². The normalized spacial score (nSPS) is 16.5. The Hall–Kier alpha value is 0.0500. The summed E-state index contributed by atoms with van der Waals surface area (Å²) in [5, 5.41) is 0. The minimum absolute atomic E-state index is 0. The number of thiocarbonyl (C=S) groups is 2. The molecule has 0 aromatic carbocycles. The first-order valence-electron chi connectivity index (χ1n) is 11.3. The van der Waals surface area contributed by atoms with E-state index in [4.69, 9.17) is 45.5 Å². The van der Waals surface area contributed by atoms with Crippen LogP contribution in [-0.4, -0.2) is 91.1 Å². The molecule has 14 heteroatoms. The van der Waals surface area contributed by atoms with Gasteiger partial charge in [-0.25, -0.2) is 19.6 Å². The summed E-state index contributed by atoms with van der Waals surface area (Å²) in [4.78, 5) is 34.5. The van der Waals surface area contributed by atoms with Crippen molar-refractivity contribution in [2.45, 2.75) is 66.5 Å². The molecule has 2 aliphatic heterocycles. The van der Waals surface area contributed by atoms with Crippen LogP contribution in [0.4, 0.5) is 0 Å². The number of carbonyl (C=O) groups excluding carboxylic acids is 2. The molecule has 0 radical (unpaired) electrons. The molecule has 2 rings (SSSR count). The van der Waals surface area contributed by atoms with Crippen LogP contribution in [0.25, 0.3) is 0 Å². The molecule has 0 N–H and O–H groups in total. The summed E-state index contributed by atoms with van der Waals surface area (Å²) in [6.07, 6.45) is 0. The zero-order valence-electron chi connectivity index (χ0n) is 22.7. The minimum atomic E-state index is -0.743. The molecule has 0 amide bonds. The molecule has 2 heterocycles. The van der Waals surface area contributed by atoms with Crippen LogP contribution >= 0.6 is 60.4 Å². The SMILES string of the molecule is CC1(C)N=C(CCl)OC1=O.CCN(CC)C(=S)S.CCN(CC)C(=S)SCC1=NC(C)(C)C(=O)O1.[Na+]. The van der Waals surface area contributed by atoms with Crippen molar-refractivity contribution in [2.24, 2.45) is 9.98 Å². The summed E-state index contributed by atoms with van der Waals surface area (Å²) < 4.78 is 11.3. The van der Waals surface area contributed by atoms with Gasteiger partial charge >= 0.3 is 41.5 Å². The molecule has 36 heavy (non-hydrogen) atoms. The first-order chi connectivity index (χ1) is 16.2. The monoisotopic (exact) mass is 607 g/mol. The van der Waals surface area contributed by atoms with Crippen molar-refractivity contribution in [2.75, 3.05) is 37.8 Å². The van der Waals surface area contributed by atoms with Gasteiger partial charge in [0.05, 0.1) is 11.6 Å². The number of nitrogens with zero attached hydrogens (tertiary/aromatic N) is 4. The number of cyclic esters (lactones) is 2. The molecule has 0 unspecified atom stereocenters. The predicted molar refractivity (Wildman–Crippen MR) is 158 cm³/mol. The van der Waals surface area contributed by atoms with Gasteiger partial charge in [0.25, 0.3) is 0 Å². The average Bonchev–Trinajstić information content (AvgIpc) is 3.21. The van der Waals surface area contributed by atoms with E-state index in [0.29, 0.717) is 21.9 Å². The molecule has 0 aromatic rings. The van der Waals surface area contributed by atoms with Gasteiger partial charge in [0.1, 0.15) is 8.64 Å². The van der Waals surface area contributed by atoms with E-state index in [0.717, 1.165) is 30.5 Å². The molecule has 0 saturated carbocycles. The molecule has 2 aliphatic rings. The van der Waals surface area contributed by atoms with E-state index in [1.165, 1.54) is 11.8 Å². The first kappa shape index (κ1) is 38.2. The molecule has 200 valence electrons. The Labute approximate surface area is 263 Å². The van der Waals surface area contributed by atoms with Crippen LogP contribution in [0, 0.1) is 0 Å². The number of carbonyl (C=O) groups is 2. The van der Waals surface area contributed by atoms with Crippen LogP contribution in [0.5, 0.6) is 0 Å². The Morgan fingerprint density at radius 3 is 1.50 bits per heavy atom. The molecule has 0 atom stereocenters. The maximum Gasteiger partial charge on any atom is 1.00 e. The van der Waals surface area contributed by atoms with Gasteiger partial charge < -0.3 is 19.3 Å². The van der Waals surface area contributed by atoms with E-state index >= 15 is 0 Å². The van der Waals surface area contributed by atoms with E-state index < -0.39 is 11.1 Å². The van der Waals surface area contributed by atoms with Crippen LogP contribution in [-0.2, 0) is 19.1 Å². The third kappa shape index (κ3) is 13.2. The van der Waals surface area contributed by atoms with Crippen LogP contribution in [0.2, 0.25) is 0 Å². The average molecular weight is 608 g/mol. The predicted octanol–water partition coefficient (Wildman–Crippen LogP) is 1.59. The second-order valence-corrected chi connectivity index (χ2v) is 11.2. The van der Waals surface area contributed by atoms with E-state index in [2.05, 4.69) is 55.2 Å². The molecule has 8 nitrogen and oxygen atoms in total. The van der Waals surface area contributed by atoms with Gasteiger partial charge in [-0.15, -0.1) is 24.2 Å². The molecular formula is C22H37ClN4NaO4S4+. The van der Waals surface area contributed by atoms with Gasteiger partial charge in [0.15, 0.2) is 11.1 Å². The zero-order valence-corrected chi connectivity index (χ0v) is 28.8. The fraction of sp³-hybridized carbons (Fsp3) is 0.727. The van der Waals surface area contributed by atoms with E-state index in [9.17, 15) is 9.59 Å². The largest absolute Gasteiger partial charge is 1.00 e. The Balaban J connectivity index is 0. The van der Waals surface area contributed by atoms with Crippen molar-refractivity contribution in [1.82, 2.24) is 9.80 Å². The Morgan fingerprint density at radius 1 is 0.889 bits per heavy atom. The van der Waals surface area contributed by atoms with Crippen LogP contribution in [0.1, 0.15) is 55.4 Å². The van der Waals surface area contributed by atoms with Crippen LogP contribution in [0.3, 0.4) is 0 Å². The molecule has 0 aliphatic carbocycles. The number of rotatable bonds is 7. The third-order valence-electron chi connectivity index (χ3n) is 4.72. The molecule has 0 aromatic heterocycles. The summed E-state index contributed by atoms with van der Waals surface area (Å²) in [7, 11) is 0. The van der Waals surface area contributed by atoms with E-state index in [1.807, 2.05) is 4.90 Å². The zero-order chi connectivity index (χ0) is 27.4. The van der Waals surface area contributed by atoms with Crippen LogP contribution < -0.4 is 29.6 Å². The minimum Gasteiger partial charge on any atom is -0.409 e. The van der Waals surface area contributed by atoms with Gasteiger partial charge in [-0.1, -0.05) is 36.2 Å². The van der Waals surface area contributed by atoms with Crippen molar-refractivity contribution < 1.29 is 48.6 Å². The van der Waals surface area contributed by atoms with Crippen molar-refractivity contribution in [1.29, 1.82) is 0 Å². The van der Waals surface area contributed by atoms with Crippen molar-refractivity contribution in [3.63, 3.8) is 0 Å². The summed E-state index contributed by atoms with van der Waals surface area (Å²) in [5.74, 6) is 0.848. The number of thiol groups is 1. The fourth-order valence-corrected chi connectivity index (χ4v) is 4.44. The number of aliphatic imine (C=N–C) groups is 2. The van der Waals surface area contributed by atoms with Gasteiger partial charge in [-0.05, 0) is 55.4 Å². The Bertz CT molecular complexity index is 833. The van der Waals surface area contributed by atoms with E-state index in [1.54, 1.807) is 27.7 Å². The second-order valence-electron chi connectivity index (χ2n) is 8.22. The number of hydrogen-bond acceptors (Lipinski definition) is 9. The van der Waals surface area contributed by atoms with Gasteiger partial charge in [-0.2, -0.15) is 0 Å². The standard InChI is InChI=1S/C11H18N2O2S2.C6H8ClNO2.C5H11NS2.Na/c1-5-13(6-2)10(16)17-7-8-12-11(3,4)9(14)15-8;1-6(2)5(9)10-4(3-7)8-6;1-3-6(4-2)5(7)8;/h5-7H2,1-4H3;3H2,1-2H3;3-4H2,1-2H3,(H,7,8);/q;;;+1. The Morgan fingerprint density at radius 2 is 1.28 bits per heavy atom. The van der Waals surface area contributed by atoms with Gasteiger partial charge in [0.2, 0.25) is 11.8 Å². The van der Waals surface area contributed by atoms with Gasteiger partial charge in [-0.3, -0.25) is 0 Å². The maximum absolute atomic E-state index is 11.4. The second kappa shape index (κ2) is 18.4. The number of esters is 2. The molecule has 0 fully saturated rings. The topological polar surface area (TPSA) is 83.8 Å².